The summed E-state index contributed by atoms with van der Waals surface area (Å²) in [5.41, 5.74) is 1.35. The van der Waals surface area contributed by atoms with E-state index in [-0.39, 0.29) is 0 Å². The fourth-order valence-electron chi connectivity index (χ4n) is 2.84. The molecule has 1 aliphatic rings. The van der Waals surface area contributed by atoms with Crippen LogP contribution in [0, 0.1) is 6.92 Å². The van der Waals surface area contributed by atoms with Crippen molar-refractivity contribution in [2.24, 2.45) is 0 Å². The number of hydrogen-bond donors (Lipinski definition) is 1. The van der Waals surface area contributed by atoms with Gasteiger partial charge in [0.15, 0.2) is 0 Å². The number of hydrogen-bond acceptors (Lipinski definition) is 4. The van der Waals surface area contributed by atoms with Crippen LogP contribution in [0.4, 0.5) is 0 Å². The fourth-order valence-corrected chi connectivity index (χ4v) is 2.84. The quantitative estimate of drug-likeness (QED) is 0.776. The highest BCUT2D eigenvalue weighted by atomic mass is 16.3. The van der Waals surface area contributed by atoms with Gasteiger partial charge in [0.25, 0.3) is 0 Å². The lowest BCUT2D eigenvalue weighted by Crippen LogP contribution is -2.31. The highest BCUT2D eigenvalue weighted by Crippen LogP contribution is 2.20. The summed E-state index contributed by atoms with van der Waals surface area (Å²) in [4.78, 5) is 4.87. The number of nitrogens with one attached hydrogen (secondary N) is 1. The van der Waals surface area contributed by atoms with Gasteiger partial charge in [0, 0.05) is 31.2 Å². The molecule has 0 amide bonds. The second-order valence-electron chi connectivity index (χ2n) is 6.11. The normalized spacial score (nSPS) is 20.1. The van der Waals surface area contributed by atoms with Gasteiger partial charge in [0.05, 0.1) is 6.54 Å². The van der Waals surface area contributed by atoms with Crippen LogP contribution in [0.15, 0.2) is 10.5 Å². The van der Waals surface area contributed by atoms with Gasteiger partial charge >= 0.3 is 0 Å². The van der Waals surface area contributed by atoms with Crippen molar-refractivity contribution in [3.05, 3.63) is 23.2 Å². The van der Waals surface area contributed by atoms with E-state index < -0.39 is 0 Å². The number of furan rings is 1. The first-order valence-corrected chi connectivity index (χ1v) is 7.77. The van der Waals surface area contributed by atoms with E-state index in [9.17, 15) is 0 Å². The first kappa shape index (κ1) is 15.5. The van der Waals surface area contributed by atoms with Crippen LogP contribution in [0.1, 0.15) is 36.8 Å². The Morgan fingerprint density at radius 3 is 2.90 bits per heavy atom. The summed E-state index contributed by atoms with van der Waals surface area (Å²) in [7, 11) is 4.35. The molecule has 0 spiro atoms. The molecule has 1 aliphatic heterocycles. The third-order valence-corrected chi connectivity index (χ3v) is 4.17. The van der Waals surface area contributed by atoms with Gasteiger partial charge in [0.2, 0.25) is 0 Å². The maximum absolute atomic E-state index is 5.85. The molecule has 1 aromatic heterocycles. The van der Waals surface area contributed by atoms with Crippen LogP contribution < -0.4 is 5.32 Å². The van der Waals surface area contributed by atoms with Crippen LogP contribution in [0.25, 0.3) is 0 Å². The van der Waals surface area contributed by atoms with Gasteiger partial charge in [-0.1, -0.05) is 6.92 Å². The minimum Gasteiger partial charge on any atom is -0.465 e. The molecule has 0 radical (unpaired) electrons. The standard InChI is InChI=1S/C16H29N3O/c1-5-7-17-10-16-9-14(13(2)20-16)11-19-8-6-15(12-19)18(3)4/h9,15,17H,5-8,10-12H2,1-4H3. The largest absolute Gasteiger partial charge is 0.465 e. The molecular weight excluding hydrogens is 250 g/mol. The van der Waals surface area contributed by atoms with Gasteiger partial charge in [-0.05, 0) is 46.5 Å². The molecule has 0 aliphatic carbocycles. The van der Waals surface area contributed by atoms with Crippen molar-refractivity contribution in [2.75, 3.05) is 33.7 Å². The molecule has 1 saturated heterocycles. The number of likely N-dealkylation sites (N-methyl/N-ethyl adjacent to an activating group) is 1. The summed E-state index contributed by atoms with van der Waals surface area (Å²) in [5.74, 6) is 2.14. The predicted octanol–water partition coefficient (Wildman–Crippen LogP) is 2.22. The molecule has 1 aromatic rings. The highest BCUT2D eigenvalue weighted by molar-refractivity contribution is 5.21. The first-order valence-electron chi connectivity index (χ1n) is 7.77. The molecule has 2 rings (SSSR count). The Bertz CT molecular complexity index is 414. The predicted molar refractivity (Wildman–Crippen MR) is 82.8 cm³/mol. The summed E-state index contributed by atoms with van der Waals surface area (Å²) in [5, 5.41) is 3.39. The van der Waals surface area contributed by atoms with E-state index in [0.717, 1.165) is 37.6 Å². The number of rotatable bonds is 7. The van der Waals surface area contributed by atoms with Crippen molar-refractivity contribution in [3.8, 4) is 0 Å². The van der Waals surface area contributed by atoms with Gasteiger partial charge in [-0.25, -0.2) is 0 Å². The maximum atomic E-state index is 5.85. The lowest BCUT2D eigenvalue weighted by Gasteiger charge is -2.20. The molecule has 4 heteroatoms. The third kappa shape index (κ3) is 4.08. The third-order valence-electron chi connectivity index (χ3n) is 4.17. The summed E-state index contributed by atoms with van der Waals surface area (Å²) < 4.78 is 5.85. The van der Waals surface area contributed by atoms with Crippen LogP contribution in [0.5, 0.6) is 0 Å². The van der Waals surface area contributed by atoms with Crippen LogP contribution in [0.3, 0.4) is 0 Å². The zero-order chi connectivity index (χ0) is 14.5. The van der Waals surface area contributed by atoms with Gasteiger partial charge in [-0.2, -0.15) is 0 Å². The average molecular weight is 279 g/mol. The maximum Gasteiger partial charge on any atom is 0.118 e. The number of likely N-dealkylation sites (tertiary alicyclic amines) is 1. The van der Waals surface area contributed by atoms with E-state index in [2.05, 4.69) is 49.1 Å². The summed E-state index contributed by atoms with van der Waals surface area (Å²) in [6.45, 7) is 9.53. The zero-order valence-corrected chi connectivity index (χ0v) is 13.4. The van der Waals surface area contributed by atoms with E-state index in [1.165, 1.54) is 25.1 Å². The molecule has 0 aromatic carbocycles. The monoisotopic (exact) mass is 279 g/mol. The van der Waals surface area contributed by atoms with Gasteiger partial charge in [-0.3, -0.25) is 4.90 Å². The van der Waals surface area contributed by atoms with Gasteiger partial charge in [-0.15, -0.1) is 0 Å². The second kappa shape index (κ2) is 7.25. The summed E-state index contributed by atoms with van der Waals surface area (Å²) in [6, 6.07) is 2.92. The van der Waals surface area contributed by atoms with Crippen molar-refractivity contribution >= 4 is 0 Å². The topological polar surface area (TPSA) is 31.6 Å². The summed E-state index contributed by atoms with van der Waals surface area (Å²) >= 11 is 0. The van der Waals surface area contributed by atoms with E-state index in [0.29, 0.717) is 6.04 Å². The lowest BCUT2D eigenvalue weighted by molar-refractivity contribution is 0.264. The van der Waals surface area contributed by atoms with Crippen LogP contribution in [-0.2, 0) is 13.1 Å². The average Bonchev–Trinajstić information content (AvgIpc) is 2.98. The minimum absolute atomic E-state index is 0.702. The van der Waals surface area contributed by atoms with E-state index >= 15 is 0 Å². The molecule has 2 heterocycles. The van der Waals surface area contributed by atoms with E-state index in [1.807, 2.05) is 0 Å². The van der Waals surface area contributed by atoms with Gasteiger partial charge < -0.3 is 14.6 Å². The molecule has 1 atom stereocenters. The molecule has 20 heavy (non-hydrogen) atoms. The summed E-state index contributed by atoms with van der Waals surface area (Å²) in [6.07, 6.45) is 2.43. The SMILES string of the molecule is CCCNCc1cc(CN2CCC(N(C)C)C2)c(C)o1. The fraction of sp³-hybridized carbons (Fsp3) is 0.750. The van der Waals surface area contributed by atoms with Crippen molar-refractivity contribution < 1.29 is 4.42 Å². The lowest BCUT2D eigenvalue weighted by atomic mass is 10.2. The van der Waals surface area contributed by atoms with Crippen molar-refractivity contribution in [2.45, 2.75) is 45.8 Å². The minimum atomic E-state index is 0.702. The number of nitrogens with zero attached hydrogens (tertiary/aromatic N) is 2. The molecule has 1 unspecified atom stereocenters. The van der Waals surface area contributed by atoms with E-state index in [1.54, 1.807) is 0 Å². The van der Waals surface area contributed by atoms with Gasteiger partial charge in [0.1, 0.15) is 11.5 Å². The molecule has 4 nitrogen and oxygen atoms in total. The molecule has 0 bridgehead atoms. The molecule has 114 valence electrons. The molecule has 0 saturated carbocycles. The Labute approximate surface area is 123 Å². The van der Waals surface area contributed by atoms with Crippen LogP contribution >= 0.6 is 0 Å². The molecular formula is C16H29N3O. The van der Waals surface area contributed by atoms with E-state index in [4.69, 9.17) is 4.42 Å². The first-order chi connectivity index (χ1) is 9.60. The zero-order valence-electron chi connectivity index (χ0n) is 13.4. The smallest absolute Gasteiger partial charge is 0.118 e. The van der Waals surface area contributed by atoms with Crippen LogP contribution in [-0.4, -0.2) is 49.6 Å². The molecule has 1 fully saturated rings. The van der Waals surface area contributed by atoms with Crippen molar-refractivity contribution in [1.29, 1.82) is 0 Å². The number of aryl methyl sites for hydroxylation is 1. The Balaban J connectivity index is 1.87. The highest BCUT2D eigenvalue weighted by Gasteiger charge is 2.24. The van der Waals surface area contributed by atoms with Crippen molar-refractivity contribution in [3.63, 3.8) is 0 Å². The Morgan fingerprint density at radius 1 is 1.45 bits per heavy atom. The Morgan fingerprint density at radius 2 is 2.25 bits per heavy atom. The Hall–Kier alpha value is -0.840. The van der Waals surface area contributed by atoms with Crippen LogP contribution in [0.2, 0.25) is 0 Å². The molecule has 1 N–H and O–H groups in total. The van der Waals surface area contributed by atoms with Crippen molar-refractivity contribution in [1.82, 2.24) is 15.1 Å². The second-order valence-corrected chi connectivity index (χ2v) is 6.11. The Kier molecular flexibility index (Phi) is 5.64.